The first-order valence-corrected chi connectivity index (χ1v) is 6.54. The SMILES string of the molecule is CC(Cc1ccc(Cl)cc1Cl)C(=O)N[C@H](C)C(=O)O. The van der Waals surface area contributed by atoms with Crippen LogP contribution in [0.4, 0.5) is 0 Å². The summed E-state index contributed by atoms with van der Waals surface area (Å²) in [6.45, 7) is 3.14. The highest BCUT2D eigenvalue weighted by Crippen LogP contribution is 2.23. The lowest BCUT2D eigenvalue weighted by atomic mass is 10.00. The highest BCUT2D eigenvalue weighted by Gasteiger charge is 2.19. The fraction of sp³-hybridized carbons (Fsp3) is 0.385. The number of hydrogen-bond acceptors (Lipinski definition) is 2. The number of benzene rings is 1. The van der Waals surface area contributed by atoms with Crippen LogP contribution in [-0.2, 0) is 16.0 Å². The van der Waals surface area contributed by atoms with Gasteiger partial charge in [0.25, 0.3) is 0 Å². The fourth-order valence-corrected chi connectivity index (χ4v) is 2.01. The number of hydrogen-bond donors (Lipinski definition) is 2. The van der Waals surface area contributed by atoms with E-state index in [4.69, 9.17) is 28.3 Å². The molecule has 0 aromatic heterocycles. The molecule has 0 aliphatic heterocycles. The Morgan fingerprint density at radius 1 is 1.32 bits per heavy atom. The summed E-state index contributed by atoms with van der Waals surface area (Å²) in [4.78, 5) is 22.5. The molecular weight excluding hydrogens is 289 g/mol. The number of halogens is 2. The van der Waals surface area contributed by atoms with Gasteiger partial charge in [-0.2, -0.15) is 0 Å². The lowest BCUT2D eigenvalue weighted by Gasteiger charge is -2.15. The van der Waals surface area contributed by atoms with Gasteiger partial charge in [0.15, 0.2) is 0 Å². The van der Waals surface area contributed by atoms with Gasteiger partial charge in [-0.05, 0) is 31.0 Å². The molecule has 0 saturated carbocycles. The van der Waals surface area contributed by atoms with Crippen molar-refractivity contribution in [3.63, 3.8) is 0 Å². The van der Waals surface area contributed by atoms with Crippen LogP contribution in [0.5, 0.6) is 0 Å². The summed E-state index contributed by atoms with van der Waals surface area (Å²) in [5.41, 5.74) is 0.802. The minimum atomic E-state index is -1.06. The van der Waals surface area contributed by atoms with Gasteiger partial charge in [0.1, 0.15) is 6.04 Å². The molecule has 0 radical (unpaired) electrons. The van der Waals surface area contributed by atoms with E-state index in [2.05, 4.69) is 5.32 Å². The molecule has 19 heavy (non-hydrogen) atoms. The van der Waals surface area contributed by atoms with E-state index in [-0.39, 0.29) is 11.8 Å². The summed E-state index contributed by atoms with van der Waals surface area (Å²) >= 11 is 11.8. The van der Waals surface area contributed by atoms with Crippen molar-refractivity contribution >= 4 is 35.1 Å². The average Bonchev–Trinajstić information content (AvgIpc) is 2.32. The third-order valence-corrected chi connectivity index (χ3v) is 3.30. The summed E-state index contributed by atoms with van der Waals surface area (Å²) in [6.07, 6.45) is 0.425. The standard InChI is InChI=1S/C13H15Cl2NO3/c1-7(12(17)16-8(2)13(18)19)5-9-3-4-10(14)6-11(9)15/h3-4,6-8H,5H2,1-2H3,(H,16,17)(H,18,19)/t7?,8-/m1/s1. The van der Waals surface area contributed by atoms with Gasteiger partial charge in [-0.1, -0.05) is 36.2 Å². The molecule has 6 heteroatoms. The normalized spacial score (nSPS) is 13.7. The van der Waals surface area contributed by atoms with Crippen LogP contribution in [0, 0.1) is 5.92 Å². The van der Waals surface area contributed by atoms with Crippen LogP contribution in [-0.4, -0.2) is 23.0 Å². The number of carboxylic acids is 1. The summed E-state index contributed by atoms with van der Waals surface area (Å²) in [7, 11) is 0. The number of carbonyl (C=O) groups is 2. The Hall–Kier alpha value is -1.26. The first-order chi connectivity index (χ1) is 8.81. The number of rotatable bonds is 5. The molecule has 0 fully saturated rings. The molecular formula is C13H15Cl2NO3. The Balaban J connectivity index is 2.66. The van der Waals surface area contributed by atoms with Crippen molar-refractivity contribution in [2.24, 2.45) is 5.92 Å². The molecule has 0 aliphatic rings. The van der Waals surface area contributed by atoms with Crippen LogP contribution < -0.4 is 5.32 Å². The van der Waals surface area contributed by atoms with Crippen molar-refractivity contribution in [3.05, 3.63) is 33.8 Å². The largest absolute Gasteiger partial charge is 0.480 e. The topological polar surface area (TPSA) is 66.4 Å². The van der Waals surface area contributed by atoms with Crippen LogP contribution in [0.1, 0.15) is 19.4 Å². The van der Waals surface area contributed by atoms with E-state index in [0.29, 0.717) is 16.5 Å². The molecule has 0 saturated heterocycles. The highest BCUT2D eigenvalue weighted by atomic mass is 35.5. The van der Waals surface area contributed by atoms with Gasteiger partial charge in [-0.15, -0.1) is 0 Å². The van der Waals surface area contributed by atoms with Gasteiger partial charge in [-0.3, -0.25) is 9.59 Å². The maximum atomic E-state index is 11.8. The molecule has 2 atom stereocenters. The second-order valence-corrected chi connectivity index (χ2v) is 5.25. The van der Waals surface area contributed by atoms with Crippen molar-refractivity contribution < 1.29 is 14.7 Å². The zero-order valence-electron chi connectivity index (χ0n) is 10.6. The van der Waals surface area contributed by atoms with E-state index < -0.39 is 12.0 Å². The number of carbonyl (C=O) groups excluding carboxylic acids is 1. The van der Waals surface area contributed by atoms with Crippen molar-refractivity contribution in [2.75, 3.05) is 0 Å². The summed E-state index contributed by atoms with van der Waals surface area (Å²) < 4.78 is 0. The predicted molar refractivity (Wildman–Crippen MR) is 74.6 cm³/mol. The summed E-state index contributed by atoms with van der Waals surface area (Å²) in [5, 5.41) is 12.2. The first-order valence-electron chi connectivity index (χ1n) is 5.78. The van der Waals surface area contributed by atoms with Gasteiger partial charge < -0.3 is 10.4 Å². The van der Waals surface area contributed by atoms with Gasteiger partial charge >= 0.3 is 5.97 Å². The number of nitrogens with one attached hydrogen (secondary N) is 1. The molecule has 0 aliphatic carbocycles. The quantitative estimate of drug-likeness (QED) is 0.879. The zero-order chi connectivity index (χ0) is 14.6. The Bertz CT molecular complexity index is 491. The molecule has 1 unspecified atom stereocenters. The minimum absolute atomic E-state index is 0.319. The highest BCUT2D eigenvalue weighted by molar-refractivity contribution is 6.35. The molecule has 0 heterocycles. The van der Waals surface area contributed by atoms with Crippen molar-refractivity contribution in [2.45, 2.75) is 26.3 Å². The lowest BCUT2D eigenvalue weighted by Crippen LogP contribution is -2.41. The van der Waals surface area contributed by atoms with Gasteiger partial charge in [0.05, 0.1) is 0 Å². The lowest BCUT2D eigenvalue weighted by molar-refractivity contribution is -0.141. The van der Waals surface area contributed by atoms with E-state index in [1.807, 2.05) is 0 Å². The molecule has 1 amide bonds. The third kappa shape index (κ3) is 4.73. The maximum absolute atomic E-state index is 11.8. The minimum Gasteiger partial charge on any atom is -0.480 e. The third-order valence-electron chi connectivity index (χ3n) is 2.72. The number of carboxylic acid groups (broad SMARTS) is 1. The van der Waals surface area contributed by atoms with E-state index in [1.54, 1.807) is 25.1 Å². The van der Waals surface area contributed by atoms with Crippen LogP contribution in [0.3, 0.4) is 0 Å². The average molecular weight is 304 g/mol. The van der Waals surface area contributed by atoms with E-state index in [1.165, 1.54) is 6.92 Å². The number of amides is 1. The summed E-state index contributed by atoms with van der Waals surface area (Å²) in [5.74, 6) is -1.76. The molecule has 2 N–H and O–H groups in total. The Morgan fingerprint density at radius 3 is 2.47 bits per heavy atom. The fourth-order valence-electron chi connectivity index (χ4n) is 1.53. The van der Waals surface area contributed by atoms with Crippen molar-refractivity contribution in [1.82, 2.24) is 5.32 Å². The van der Waals surface area contributed by atoms with Crippen LogP contribution in [0.25, 0.3) is 0 Å². The molecule has 0 bridgehead atoms. The van der Waals surface area contributed by atoms with Crippen molar-refractivity contribution in [1.29, 1.82) is 0 Å². The van der Waals surface area contributed by atoms with E-state index >= 15 is 0 Å². The van der Waals surface area contributed by atoms with Gasteiger partial charge in [0, 0.05) is 16.0 Å². The Labute approximate surface area is 121 Å². The smallest absolute Gasteiger partial charge is 0.325 e. The molecule has 4 nitrogen and oxygen atoms in total. The summed E-state index contributed by atoms with van der Waals surface area (Å²) in [6, 6.07) is 4.17. The van der Waals surface area contributed by atoms with E-state index in [9.17, 15) is 9.59 Å². The van der Waals surface area contributed by atoms with E-state index in [0.717, 1.165) is 5.56 Å². The van der Waals surface area contributed by atoms with Gasteiger partial charge in [0.2, 0.25) is 5.91 Å². The molecule has 0 spiro atoms. The monoisotopic (exact) mass is 303 g/mol. The number of aliphatic carboxylic acids is 1. The zero-order valence-corrected chi connectivity index (χ0v) is 12.1. The van der Waals surface area contributed by atoms with Crippen molar-refractivity contribution in [3.8, 4) is 0 Å². The van der Waals surface area contributed by atoms with Gasteiger partial charge in [-0.25, -0.2) is 0 Å². The molecule has 1 aromatic carbocycles. The Morgan fingerprint density at radius 2 is 1.95 bits per heavy atom. The second kappa shape index (κ2) is 6.78. The first kappa shape index (κ1) is 15.8. The van der Waals surface area contributed by atoms with Crippen LogP contribution in [0.15, 0.2) is 18.2 Å². The van der Waals surface area contributed by atoms with Crippen LogP contribution >= 0.6 is 23.2 Å². The molecule has 1 aromatic rings. The molecule has 1 rings (SSSR count). The predicted octanol–water partition coefficient (Wildman–Crippen LogP) is 2.76. The second-order valence-electron chi connectivity index (χ2n) is 4.41. The molecule has 104 valence electrons. The Kier molecular flexibility index (Phi) is 5.63. The maximum Gasteiger partial charge on any atom is 0.325 e. The van der Waals surface area contributed by atoms with Crippen LogP contribution in [0.2, 0.25) is 10.0 Å².